The van der Waals surface area contributed by atoms with E-state index in [2.05, 4.69) is 15.9 Å². The van der Waals surface area contributed by atoms with Gasteiger partial charge < -0.3 is 9.47 Å². The molecule has 0 aliphatic carbocycles. The van der Waals surface area contributed by atoms with Crippen molar-refractivity contribution >= 4 is 27.5 Å². The van der Waals surface area contributed by atoms with Crippen LogP contribution in [-0.4, -0.2) is 7.11 Å². The molecule has 0 aliphatic heterocycles. The summed E-state index contributed by atoms with van der Waals surface area (Å²) < 4.78 is 24.4. The Hall–Kier alpha value is -1.26. The molecule has 0 radical (unpaired) electrons. The minimum atomic E-state index is -0.362. The molecule has 0 amide bonds. The van der Waals surface area contributed by atoms with E-state index < -0.39 is 0 Å². The minimum absolute atomic E-state index is 0.268. The van der Waals surface area contributed by atoms with Crippen molar-refractivity contribution in [2.75, 3.05) is 7.11 Å². The van der Waals surface area contributed by atoms with Crippen molar-refractivity contribution in [3.8, 4) is 11.5 Å². The van der Waals surface area contributed by atoms with Crippen molar-refractivity contribution in [1.82, 2.24) is 0 Å². The van der Waals surface area contributed by atoms with Crippen LogP contribution in [-0.2, 0) is 6.61 Å². The van der Waals surface area contributed by atoms with Gasteiger partial charge in [0.2, 0.25) is 0 Å². The molecule has 100 valence electrons. The zero-order valence-electron chi connectivity index (χ0n) is 10.1. The Morgan fingerprint density at radius 3 is 2.63 bits per heavy atom. The maximum atomic E-state index is 12.9. The Bertz CT molecular complexity index is 590. The van der Waals surface area contributed by atoms with E-state index in [9.17, 15) is 4.39 Å². The molecule has 0 N–H and O–H groups in total. The Kier molecular flexibility index (Phi) is 4.66. The smallest absolute Gasteiger partial charge is 0.134 e. The third kappa shape index (κ3) is 3.61. The minimum Gasteiger partial charge on any atom is -0.497 e. The molecule has 0 saturated carbocycles. The lowest BCUT2D eigenvalue weighted by atomic mass is 10.2. The number of rotatable bonds is 4. The fourth-order valence-electron chi connectivity index (χ4n) is 1.52. The van der Waals surface area contributed by atoms with E-state index in [0.717, 1.165) is 15.8 Å². The van der Waals surface area contributed by atoms with E-state index in [1.54, 1.807) is 25.3 Å². The molecular formula is C14H11BrClFO2. The summed E-state index contributed by atoms with van der Waals surface area (Å²) in [6, 6.07) is 9.63. The van der Waals surface area contributed by atoms with Crippen LogP contribution in [0.25, 0.3) is 0 Å². The number of methoxy groups -OCH3 is 1. The molecule has 0 fully saturated rings. The molecule has 0 heterocycles. The Morgan fingerprint density at radius 2 is 2.00 bits per heavy atom. The summed E-state index contributed by atoms with van der Waals surface area (Å²) >= 11 is 9.33. The quantitative estimate of drug-likeness (QED) is 0.790. The van der Waals surface area contributed by atoms with E-state index in [1.807, 2.05) is 6.07 Å². The average Bonchev–Trinajstić information content (AvgIpc) is 2.39. The van der Waals surface area contributed by atoms with Crippen molar-refractivity contribution in [3.63, 3.8) is 0 Å². The Morgan fingerprint density at radius 1 is 1.21 bits per heavy atom. The predicted molar refractivity (Wildman–Crippen MR) is 76.4 cm³/mol. The molecule has 0 bridgehead atoms. The third-order valence-corrected chi connectivity index (χ3v) is 3.51. The Labute approximate surface area is 124 Å². The van der Waals surface area contributed by atoms with Gasteiger partial charge in [0.25, 0.3) is 0 Å². The normalized spacial score (nSPS) is 10.3. The largest absolute Gasteiger partial charge is 0.497 e. The fourth-order valence-corrected chi connectivity index (χ4v) is 2.21. The van der Waals surface area contributed by atoms with Crippen molar-refractivity contribution in [2.45, 2.75) is 6.61 Å². The van der Waals surface area contributed by atoms with Gasteiger partial charge in [0, 0.05) is 5.56 Å². The second-order valence-corrected chi connectivity index (χ2v) is 5.08. The first-order chi connectivity index (χ1) is 9.10. The fraction of sp³-hybridized carbons (Fsp3) is 0.143. The van der Waals surface area contributed by atoms with E-state index in [0.29, 0.717) is 10.8 Å². The molecular weight excluding hydrogens is 335 g/mol. The lowest BCUT2D eigenvalue weighted by Gasteiger charge is -2.10. The Balaban J connectivity index is 2.10. The average molecular weight is 346 g/mol. The highest BCUT2D eigenvalue weighted by atomic mass is 79.9. The molecule has 0 aliphatic rings. The van der Waals surface area contributed by atoms with Gasteiger partial charge in [-0.2, -0.15) is 0 Å². The zero-order valence-corrected chi connectivity index (χ0v) is 12.5. The zero-order chi connectivity index (χ0) is 13.8. The number of benzene rings is 2. The van der Waals surface area contributed by atoms with Crippen LogP contribution in [0.2, 0.25) is 5.02 Å². The summed E-state index contributed by atoms with van der Waals surface area (Å²) in [5, 5.41) is 0.352. The van der Waals surface area contributed by atoms with E-state index in [-0.39, 0.29) is 12.4 Å². The molecule has 0 aromatic heterocycles. The van der Waals surface area contributed by atoms with Crippen molar-refractivity contribution in [3.05, 3.63) is 57.3 Å². The van der Waals surface area contributed by atoms with Crippen molar-refractivity contribution < 1.29 is 13.9 Å². The highest BCUT2D eigenvalue weighted by molar-refractivity contribution is 9.10. The summed E-state index contributed by atoms with van der Waals surface area (Å²) in [6.07, 6.45) is 0. The lowest BCUT2D eigenvalue weighted by Crippen LogP contribution is -1.97. The molecule has 19 heavy (non-hydrogen) atoms. The van der Waals surface area contributed by atoms with Gasteiger partial charge in [0.05, 0.1) is 16.6 Å². The summed E-state index contributed by atoms with van der Waals surface area (Å²) in [5.74, 6) is 1.04. The van der Waals surface area contributed by atoms with Crippen molar-refractivity contribution in [2.24, 2.45) is 0 Å². The summed E-state index contributed by atoms with van der Waals surface area (Å²) in [7, 11) is 1.60. The molecule has 2 aromatic carbocycles. The van der Waals surface area contributed by atoms with E-state index in [4.69, 9.17) is 21.1 Å². The van der Waals surface area contributed by atoms with Gasteiger partial charge >= 0.3 is 0 Å². The van der Waals surface area contributed by atoms with Gasteiger partial charge in [-0.3, -0.25) is 0 Å². The van der Waals surface area contributed by atoms with Crippen LogP contribution in [0.3, 0.4) is 0 Å². The molecule has 0 spiro atoms. The van der Waals surface area contributed by atoms with Crippen molar-refractivity contribution in [1.29, 1.82) is 0 Å². The van der Waals surface area contributed by atoms with Gasteiger partial charge in [-0.05, 0) is 46.3 Å². The molecule has 0 unspecified atom stereocenters. The second-order valence-electron chi connectivity index (χ2n) is 3.82. The van der Waals surface area contributed by atoms with Gasteiger partial charge in [-0.15, -0.1) is 0 Å². The standard InChI is InChI=1S/C14H11BrClFO2/c1-18-11-4-5-14(12(15)7-11)19-8-9-2-3-10(17)6-13(9)16/h2-7H,8H2,1H3. The monoisotopic (exact) mass is 344 g/mol. The first-order valence-corrected chi connectivity index (χ1v) is 6.67. The van der Waals surface area contributed by atoms with Crippen LogP contribution in [0.5, 0.6) is 11.5 Å². The lowest BCUT2D eigenvalue weighted by molar-refractivity contribution is 0.303. The van der Waals surface area contributed by atoms with Crippen LogP contribution in [0.15, 0.2) is 40.9 Å². The summed E-state index contributed by atoms with van der Waals surface area (Å²) in [6.45, 7) is 0.268. The van der Waals surface area contributed by atoms with Gasteiger partial charge in [-0.1, -0.05) is 17.7 Å². The first kappa shape index (κ1) is 14.2. The van der Waals surface area contributed by atoms with Gasteiger partial charge in [0.1, 0.15) is 23.9 Å². The highest BCUT2D eigenvalue weighted by Gasteiger charge is 2.06. The molecule has 2 rings (SSSR count). The first-order valence-electron chi connectivity index (χ1n) is 5.50. The molecule has 0 atom stereocenters. The van der Waals surface area contributed by atoms with Crippen LogP contribution < -0.4 is 9.47 Å². The topological polar surface area (TPSA) is 18.5 Å². The number of hydrogen-bond acceptors (Lipinski definition) is 2. The molecule has 0 saturated heterocycles. The number of ether oxygens (including phenoxy) is 2. The predicted octanol–water partition coefficient (Wildman–Crippen LogP) is 4.83. The van der Waals surface area contributed by atoms with Crippen LogP contribution in [0, 0.1) is 5.82 Å². The van der Waals surface area contributed by atoms with Crippen LogP contribution in [0.4, 0.5) is 4.39 Å². The molecule has 2 aromatic rings. The maximum Gasteiger partial charge on any atom is 0.134 e. The number of hydrogen-bond donors (Lipinski definition) is 0. The maximum absolute atomic E-state index is 12.9. The van der Waals surface area contributed by atoms with Gasteiger partial charge in [-0.25, -0.2) is 4.39 Å². The highest BCUT2D eigenvalue weighted by Crippen LogP contribution is 2.30. The summed E-state index contributed by atoms with van der Waals surface area (Å²) in [4.78, 5) is 0. The molecule has 5 heteroatoms. The van der Waals surface area contributed by atoms with E-state index in [1.165, 1.54) is 12.1 Å². The molecule has 2 nitrogen and oxygen atoms in total. The second kappa shape index (κ2) is 6.26. The number of halogens is 3. The van der Waals surface area contributed by atoms with Crippen LogP contribution >= 0.6 is 27.5 Å². The SMILES string of the molecule is COc1ccc(OCc2ccc(F)cc2Cl)c(Br)c1. The van der Waals surface area contributed by atoms with E-state index >= 15 is 0 Å². The summed E-state index contributed by atoms with van der Waals surface area (Å²) in [5.41, 5.74) is 0.728. The van der Waals surface area contributed by atoms with Gasteiger partial charge in [0.15, 0.2) is 0 Å². The van der Waals surface area contributed by atoms with Crippen LogP contribution in [0.1, 0.15) is 5.56 Å². The third-order valence-electron chi connectivity index (χ3n) is 2.54.